The van der Waals surface area contributed by atoms with Gasteiger partial charge in [0.2, 0.25) is 0 Å². The summed E-state index contributed by atoms with van der Waals surface area (Å²) in [6.07, 6.45) is 1.01. The van der Waals surface area contributed by atoms with Gasteiger partial charge in [-0.1, -0.05) is 6.07 Å². The predicted molar refractivity (Wildman–Crippen MR) is 63.3 cm³/mol. The van der Waals surface area contributed by atoms with Crippen LogP contribution in [0.4, 0.5) is 0 Å². The molecule has 0 heterocycles. The van der Waals surface area contributed by atoms with E-state index in [1.807, 2.05) is 19.9 Å². The van der Waals surface area contributed by atoms with E-state index in [1.165, 1.54) is 5.56 Å². The normalized spacial score (nSPS) is 10.4. The first-order valence-electron chi connectivity index (χ1n) is 4.27. The van der Waals surface area contributed by atoms with Crippen LogP contribution in [-0.4, -0.2) is 11.7 Å². The van der Waals surface area contributed by atoms with Crippen LogP contribution in [0.3, 0.4) is 0 Å². The predicted octanol–water partition coefficient (Wildman–Crippen LogP) is 2.49. The van der Waals surface area contributed by atoms with E-state index < -0.39 is 0 Å². The summed E-state index contributed by atoms with van der Waals surface area (Å²) in [6.45, 7) is 4.92. The summed E-state index contributed by atoms with van der Waals surface area (Å²) >= 11 is 2.14. The molecule has 0 bridgehead atoms. The molecule has 13 heavy (non-hydrogen) atoms. The quantitative estimate of drug-likeness (QED) is 0.662. The molecule has 2 N–H and O–H groups in total. The highest BCUT2D eigenvalue weighted by molar-refractivity contribution is 14.1. The average molecular weight is 291 g/mol. The van der Waals surface area contributed by atoms with Gasteiger partial charge in [-0.05, 0) is 43.0 Å². The maximum Gasteiger partial charge on any atom is 0.118 e. The van der Waals surface area contributed by atoms with Crippen molar-refractivity contribution in [2.24, 2.45) is 0 Å². The van der Waals surface area contributed by atoms with Crippen LogP contribution in [0, 0.1) is 13.8 Å². The molecular formula is C10H14INO. The first-order chi connectivity index (χ1) is 6.15. The Balaban J connectivity index is 2.88. The molecule has 1 aromatic carbocycles. The minimum Gasteiger partial charge on any atom is -0.508 e. The molecule has 0 aliphatic carbocycles. The van der Waals surface area contributed by atoms with Crippen molar-refractivity contribution in [2.45, 2.75) is 20.3 Å². The third-order valence-electron chi connectivity index (χ3n) is 2.14. The third kappa shape index (κ3) is 2.84. The van der Waals surface area contributed by atoms with Gasteiger partial charge in [-0.25, -0.2) is 0 Å². The molecule has 0 radical (unpaired) electrons. The Morgan fingerprint density at radius 1 is 1.31 bits per heavy atom. The molecule has 0 saturated carbocycles. The summed E-state index contributed by atoms with van der Waals surface area (Å²) in [6, 6.07) is 3.89. The Hall–Kier alpha value is -0.290. The first-order valence-corrected chi connectivity index (χ1v) is 5.35. The fourth-order valence-corrected chi connectivity index (χ4v) is 1.58. The van der Waals surface area contributed by atoms with Crippen LogP contribution < -0.4 is 3.53 Å². The largest absolute Gasteiger partial charge is 0.508 e. The SMILES string of the molecule is Cc1cc(CCNI)c(C)cc1O. The minimum absolute atomic E-state index is 0.392. The minimum atomic E-state index is 0.392. The molecule has 0 saturated heterocycles. The van der Waals surface area contributed by atoms with Crippen molar-refractivity contribution in [2.75, 3.05) is 6.54 Å². The van der Waals surface area contributed by atoms with Crippen LogP contribution in [0.5, 0.6) is 5.75 Å². The van der Waals surface area contributed by atoms with Crippen molar-refractivity contribution in [3.05, 3.63) is 28.8 Å². The van der Waals surface area contributed by atoms with Crippen LogP contribution in [0.15, 0.2) is 12.1 Å². The zero-order valence-electron chi connectivity index (χ0n) is 7.89. The summed E-state index contributed by atoms with van der Waals surface area (Å²) < 4.78 is 3.08. The van der Waals surface area contributed by atoms with Gasteiger partial charge in [0.1, 0.15) is 5.75 Å². The van der Waals surface area contributed by atoms with E-state index in [0.29, 0.717) is 5.75 Å². The second-order valence-electron chi connectivity index (χ2n) is 3.20. The maximum absolute atomic E-state index is 9.43. The van der Waals surface area contributed by atoms with Crippen LogP contribution in [-0.2, 0) is 6.42 Å². The smallest absolute Gasteiger partial charge is 0.118 e. The second kappa shape index (κ2) is 4.81. The lowest BCUT2D eigenvalue weighted by molar-refractivity contribution is 0.470. The standard InChI is InChI=1S/C10H14INO/c1-7-6-10(13)8(2)5-9(7)3-4-12-11/h5-6,12-13H,3-4H2,1-2H3. The highest BCUT2D eigenvalue weighted by Gasteiger charge is 2.02. The number of aromatic hydroxyl groups is 1. The number of halogens is 1. The van der Waals surface area contributed by atoms with Crippen molar-refractivity contribution in [1.29, 1.82) is 0 Å². The molecule has 0 fully saturated rings. The van der Waals surface area contributed by atoms with Crippen LogP contribution in [0.1, 0.15) is 16.7 Å². The molecule has 0 amide bonds. The van der Waals surface area contributed by atoms with E-state index in [1.54, 1.807) is 0 Å². The topological polar surface area (TPSA) is 32.3 Å². The van der Waals surface area contributed by atoms with E-state index in [0.717, 1.165) is 24.1 Å². The van der Waals surface area contributed by atoms with Gasteiger partial charge in [0.05, 0.1) is 0 Å². The number of hydrogen-bond acceptors (Lipinski definition) is 2. The zero-order valence-corrected chi connectivity index (χ0v) is 10.1. The molecule has 0 aliphatic rings. The number of nitrogens with one attached hydrogen (secondary N) is 1. The summed E-state index contributed by atoms with van der Waals surface area (Å²) in [4.78, 5) is 0. The van der Waals surface area contributed by atoms with Gasteiger partial charge in [-0.3, -0.25) is 3.53 Å². The fraction of sp³-hybridized carbons (Fsp3) is 0.400. The van der Waals surface area contributed by atoms with Crippen molar-refractivity contribution >= 4 is 22.9 Å². The van der Waals surface area contributed by atoms with Crippen LogP contribution in [0.2, 0.25) is 0 Å². The number of phenolic OH excluding ortho intramolecular Hbond substituents is 1. The molecule has 0 atom stereocenters. The maximum atomic E-state index is 9.43. The van der Waals surface area contributed by atoms with Crippen molar-refractivity contribution in [3.63, 3.8) is 0 Å². The van der Waals surface area contributed by atoms with E-state index in [9.17, 15) is 5.11 Å². The fourth-order valence-electron chi connectivity index (χ4n) is 1.31. The van der Waals surface area contributed by atoms with Crippen molar-refractivity contribution in [1.82, 2.24) is 3.53 Å². The second-order valence-corrected chi connectivity index (χ2v) is 3.96. The zero-order chi connectivity index (χ0) is 9.84. The lowest BCUT2D eigenvalue weighted by atomic mass is 10.0. The van der Waals surface area contributed by atoms with Gasteiger partial charge < -0.3 is 5.11 Å². The van der Waals surface area contributed by atoms with Gasteiger partial charge >= 0.3 is 0 Å². The van der Waals surface area contributed by atoms with Gasteiger partial charge in [0.15, 0.2) is 0 Å². The number of rotatable bonds is 3. The molecule has 1 rings (SSSR count). The van der Waals surface area contributed by atoms with E-state index in [-0.39, 0.29) is 0 Å². The Kier molecular flexibility index (Phi) is 3.99. The van der Waals surface area contributed by atoms with E-state index >= 15 is 0 Å². The summed E-state index contributed by atoms with van der Waals surface area (Å²) in [5, 5.41) is 9.43. The van der Waals surface area contributed by atoms with Gasteiger partial charge in [0.25, 0.3) is 0 Å². The Morgan fingerprint density at radius 3 is 2.62 bits per heavy atom. The van der Waals surface area contributed by atoms with E-state index in [2.05, 4.69) is 32.5 Å². The Bertz CT molecular complexity index is 299. The number of phenols is 1. The molecular weight excluding hydrogens is 277 g/mol. The molecule has 1 aromatic rings. The summed E-state index contributed by atoms with van der Waals surface area (Å²) in [7, 11) is 0. The van der Waals surface area contributed by atoms with Crippen LogP contribution >= 0.6 is 22.9 Å². The van der Waals surface area contributed by atoms with Gasteiger partial charge in [-0.2, -0.15) is 0 Å². The third-order valence-corrected chi connectivity index (χ3v) is 2.68. The van der Waals surface area contributed by atoms with Crippen molar-refractivity contribution < 1.29 is 5.11 Å². The van der Waals surface area contributed by atoms with Crippen molar-refractivity contribution in [3.8, 4) is 5.75 Å². The molecule has 0 unspecified atom stereocenters. The highest BCUT2D eigenvalue weighted by Crippen LogP contribution is 2.21. The number of benzene rings is 1. The molecule has 0 aliphatic heterocycles. The lowest BCUT2D eigenvalue weighted by Crippen LogP contribution is -2.05. The molecule has 3 heteroatoms. The number of hydrogen-bond donors (Lipinski definition) is 2. The van der Waals surface area contributed by atoms with Gasteiger partial charge in [-0.15, -0.1) is 0 Å². The molecule has 2 nitrogen and oxygen atoms in total. The monoisotopic (exact) mass is 291 g/mol. The Morgan fingerprint density at radius 2 is 2.00 bits per heavy atom. The van der Waals surface area contributed by atoms with Crippen LogP contribution in [0.25, 0.3) is 0 Å². The molecule has 72 valence electrons. The number of aryl methyl sites for hydroxylation is 2. The highest BCUT2D eigenvalue weighted by atomic mass is 127. The lowest BCUT2D eigenvalue weighted by Gasteiger charge is -2.07. The molecule has 0 aromatic heterocycles. The first kappa shape index (κ1) is 10.8. The summed E-state index contributed by atoms with van der Waals surface area (Å²) in [5.41, 5.74) is 3.42. The summed E-state index contributed by atoms with van der Waals surface area (Å²) in [5.74, 6) is 0.392. The van der Waals surface area contributed by atoms with Gasteiger partial charge in [0, 0.05) is 29.4 Å². The molecule has 0 spiro atoms. The average Bonchev–Trinajstić information content (AvgIpc) is 2.09. The Labute approximate surface area is 92.9 Å². The van der Waals surface area contributed by atoms with E-state index in [4.69, 9.17) is 0 Å².